The molecule has 4 rings (SSSR count). The average Bonchev–Trinajstić information content (AvgIpc) is 2.72. The first kappa shape index (κ1) is 16.6. The summed E-state index contributed by atoms with van der Waals surface area (Å²) >= 11 is 0. The van der Waals surface area contributed by atoms with Gasteiger partial charge in [0.15, 0.2) is 0 Å². The van der Waals surface area contributed by atoms with E-state index in [-0.39, 0.29) is 0 Å². The normalized spacial score (nSPS) is 24.6. The van der Waals surface area contributed by atoms with Crippen molar-refractivity contribution >= 4 is 8.07 Å². The van der Waals surface area contributed by atoms with Gasteiger partial charge in [-0.25, -0.2) is 0 Å². The van der Waals surface area contributed by atoms with Gasteiger partial charge in [-0.1, -0.05) is 97.2 Å². The Morgan fingerprint density at radius 2 is 0.560 bits per heavy atom. The van der Waals surface area contributed by atoms with Crippen LogP contribution in [0.15, 0.2) is 97.2 Å². The second-order valence-corrected chi connectivity index (χ2v) is 12.1. The van der Waals surface area contributed by atoms with E-state index in [1.165, 1.54) is 0 Å². The van der Waals surface area contributed by atoms with E-state index in [0.717, 1.165) is 25.7 Å². The Bertz CT molecular complexity index is 537. The van der Waals surface area contributed by atoms with E-state index in [1.807, 2.05) is 0 Å². The standard InChI is InChI=1S/C24H28Si/c1-5-13-21(14-6-1)25(22-15-7-2-8-16-22,23-17-9-3-10-18-23)24-19-11-4-12-20-24/h5-24H,1-4H2. The van der Waals surface area contributed by atoms with E-state index < -0.39 is 8.07 Å². The minimum atomic E-state index is -1.89. The molecular weight excluding hydrogens is 316 g/mol. The fourth-order valence-electron chi connectivity index (χ4n) is 5.04. The van der Waals surface area contributed by atoms with Gasteiger partial charge in [-0.15, -0.1) is 0 Å². The Kier molecular flexibility index (Phi) is 5.03. The first-order chi connectivity index (χ1) is 12.4. The lowest BCUT2D eigenvalue weighted by atomic mass is 10.2. The zero-order valence-corrected chi connectivity index (χ0v) is 15.9. The molecule has 0 spiro atoms. The van der Waals surface area contributed by atoms with Gasteiger partial charge in [-0.3, -0.25) is 0 Å². The molecular formula is C24H28Si. The van der Waals surface area contributed by atoms with Crippen molar-refractivity contribution in [2.45, 2.75) is 47.8 Å². The quantitative estimate of drug-likeness (QED) is 0.381. The number of hydrogen-bond donors (Lipinski definition) is 0. The molecule has 1 heteroatoms. The molecule has 0 atom stereocenters. The van der Waals surface area contributed by atoms with Crippen LogP contribution in [0.5, 0.6) is 0 Å². The van der Waals surface area contributed by atoms with Crippen molar-refractivity contribution in [2.75, 3.05) is 0 Å². The van der Waals surface area contributed by atoms with E-state index in [1.54, 1.807) is 0 Å². The molecule has 0 unspecified atom stereocenters. The van der Waals surface area contributed by atoms with Crippen molar-refractivity contribution in [1.82, 2.24) is 0 Å². The average molecular weight is 345 g/mol. The van der Waals surface area contributed by atoms with Crippen LogP contribution < -0.4 is 0 Å². The minimum absolute atomic E-state index is 0.577. The number of hydrogen-bond acceptors (Lipinski definition) is 0. The summed E-state index contributed by atoms with van der Waals surface area (Å²) in [5.74, 6) is 0. The summed E-state index contributed by atoms with van der Waals surface area (Å²) in [6, 6.07) is 0. The molecule has 0 aromatic rings. The molecule has 0 saturated heterocycles. The van der Waals surface area contributed by atoms with Crippen molar-refractivity contribution in [3.8, 4) is 0 Å². The van der Waals surface area contributed by atoms with Gasteiger partial charge in [0.2, 0.25) is 0 Å². The van der Waals surface area contributed by atoms with Gasteiger partial charge in [0.05, 0.1) is 8.07 Å². The van der Waals surface area contributed by atoms with E-state index in [0.29, 0.717) is 22.2 Å². The molecule has 0 bridgehead atoms. The fraction of sp³-hybridized carbons (Fsp3) is 0.333. The van der Waals surface area contributed by atoms with Crippen LogP contribution in [0.4, 0.5) is 0 Å². The Morgan fingerprint density at radius 3 is 0.760 bits per heavy atom. The van der Waals surface area contributed by atoms with Crippen LogP contribution in [0.3, 0.4) is 0 Å². The molecule has 0 saturated carbocycles. The summed E-state index contributed by atoms with van der Waals surface area (Å²) in [5, 5.41) is 0. The molecule has 25 heavy (non-hydrogen) atoms. The highest BCUT2D eigenvalue weighted by Gasteiger charge is 2.52. The highest BCUT2D eigenvalue weighted by molar-refractivity contribution is 6.88. The van der Waals surface area contributed by atoms with Crippen LogP contribution in [0.25, 0.3) is 0 Å². The Labute approximate surface area is 153 Å². The number of rotatable bonds is 4. The first-order valence-corrected chi connectivity index (χ1v) is 12.1. The summed E-state index contributed by atoms with van der Waals surface area (Å²) in [4.78, 5) is 0. The largest absolute Gasteiger partial charge is 0.0966 e. The van der Waals surface area contributed by atoms with Gasteiger partial charge in [-0.2, -0.15) is 0 Å². The number of allylic oxidation sites excluding steroid dienone is 16. The van der Waals surface area contributed by atoms with Crippen molar-refractivity contribution in [3.05, 3.63) is 97.2 Å². The second-order valence-electron chi connectivity index (χ2n) is 7.47. The smallest absolute Gasteiger partial charge is 0.0844 e. The van der Waals surface area contributed by atoms with Gasteiger partial charge >= 0.3 is 0 Å². The SMILES string of the molecule is C1=CC([Si](C2C=CCC=C2)(C2C=CCC=C2)C2C=CCC=C2)C=CC1. The predicted molar refractivity (Wildman–Crippen MR) is 112 cm³/mol. The van der Waals surface area contributed by atoms with Gasteiger partial charge < -0.3 is 0 Å². The van der Waals surface area contributed by atoms with Crippen LogP contribution in [0, 0.1) is 0 Å². The molecule has 0 N–H and O–H groups in total. The summed E-state index contributed by atoms with van der Waals surface area (Å²) in [5.41, 5.74) is 2.31. The summed E-state index contributed by atoms with van der Waals surface area (Å²) in [6.07, 6.45) is 43.6. The molecule has 4 aliphatic rings. The summed E-state index contributed by atoms with van der Waals surface area (Å²) in [7, 11) is -1.89. The highest BCUT2D eigenvalue weighted by atomic mass is 28.3. The maximum atomic E-state index is 2.52. The zero-order chi connectivity index (χ0) is 17.0. The maximum absolute atomic E-state index is 2.52. The molecule has 128 valence electrons. The van der Waals surface area contributed by atoms with Gasteiger partial charge in [0.25, 0.3) is 0 Å². The molecule has 0 radical (unpaired) electrons. The minimum Gasteiger partial charge on any atom is -0.0844 e. The maximum Gasteiger partial charge on any atom is 0.0966 e. The van der Waals surface area contributed by atoms with Crippen LogP contribution >= 0.6 is 0 Å². The van der Waals surface area contributed by atoms with E-state index in [4.69, 9.17) is 0 Å². The van der Waals surface area contributed by atoms with E-state index in [9.17, 15) is 0 Å². The summed E-state index contributed by atoms with van der Waals surface area (Å²) in [6.45, 7) is 0. The Morgan fingerprint density at radius 1 is 0.360 bits per heavy atom. The van der Waals surface area contributed by atoms with Crippen LogP contribution in [-0.4, -0.2) is 8.07 Å². The second kappa shape index (κ2) is 7.57. The van der Waals surface area contributed by atoms with E-state index in [2.05, 4.69) is 97.2 Å². The van der Waals surface area contributed by atoms with Gasteiger partial charge in [-0.05, 0) is 47.8 Å². The molecule has 0 amide bonds. The van der Waals surface area contributed by atoms with Crippen LogP contribution in [0.2, 0.25) is 22.2 Å². The lowest BCUT2D eigenvalue weighted by Gasteiger charge is -2.50. The molecule has 0 heterocycles. The van der Waals surface area contributed by atoms with Crippen molar-refractivity contribution in [1.29, 1.82) is 0 Å². The molecule has 0 aromatic carbocycles. The Hall–Kier alpha value is -1.86. The monoisotopic (exact) mass is 344 g/mol. The third kappa shape index (κ3) is 3.06. The van der Waals surface area contributed by atoms with Crippen molar-refractivity contribution < 1.29 is 0 Å². The Balaban J connectivity index is 1.89. The first-order valence-electron chi connectivity index (χ1n) is 9.75. The van der Waals surface area contributed by atoms with Gasteiger partial charge in [0, 0.05) is 0 Å². The summed E-state index contributed by atoms with van der Waals surface area (Å²) < 4.78 is 0. The molecule has 0 aromatic heterocycles. The molecule has 0 fully saturated rings. The third-order valence-corrected chi connectivity index (χ3v) is 12.3. The van der Waals surface area contributed by atoms with Crippen LogP contribution in [0.1, 0.15) is 25.7 Å². The zero-order valence-electron chi connectivity index (χ0n) is 14.9. The highest BCUT2D eigenvalue weighted by Crippen LogP contribution is 2.56. The van der Waals surface area contributed by atoms with E-state index >= 15 is 0 Å². The third-order valence-electron chi connectivity index (χ3n) is 6.15. The van der Waals surface area contributed by atoms with Crippen LogP contribution in [-0.2, 0) is 0 Å². The molecule has 0 nitrogen and oxygen atoms in total. The lowest BCUT2D eigenvalue weighted by molar-refractivity contribution is 0.945. The van der Waals surface area contributed by atoms with Crippen molar-refractivity contribution in [3.63, 3.8) is 0 Å². The predicted octanol–water partition coefficient (Wildman–Crippen LogP) is 6.98. The topological polar surface area (TPSA) is 0 Å². The molecule has 0 aliphatic heterocycles. The fourth-order valence-corrected chi connectivity index (χ4v) is 11.5. The van der Waals surface area contributed by atoms with Crippen molar-refractivity contribution in [2.24, 2.45) is 0 Å². The lowest BCUT2D eigenvalue weighted by Crippen LogP contribution is -2.50. The molecule has 4 aliphatic carbocycles. The van der Waals surface area contributed by atoms with Gasteiger partial charge in [0.1, 0.15) is 0 Å².